The van der Waals surface area contributed by atoms with Gasteiger partial charge in [-0.2, -0.15) is 4.31 Å². The van der Waals surface area contributed by atoms with E-state index in [9.17, 15) is 8.42 Å². The Bertz CT molecular complexity index is 561. The summed E-state index contributed by atoms with van der Waals surface area (Å²) in [7, 11) is -2.10. The first kappa shape index (κ1) is 16.7. The fourth-order valence-electron chi connectivity index (χ4n) is 1.57. The van der Waals surface area contributed by atoms with E-state index < -0.39 is 10.0 Å². The van der Waals surface area contributed by atoms with Gasteiger partial charge in [0.1, 0.15) is 4.90 Å². The van der Waals surface area contributed by atoms with Gasteiger partial charge in [0.15, 0.2) is 0 Å². The van der Waals surface area contributed by atoms with E-state index in [0.717, 1.165) is 0 Å². The van der Waals surface area contributed by atoms with Crippen molar-refractivity contribution in [3.05, 3.63) is 27.7 Å². The van der Waals surface area contributed by atoms with Crippen LogP contribution in [0.1, 0.15) is 25.8 Å². The standard InChI is InChI=1S/C12H18Cl2N2O2S/c1-4-8(2)16(3)19(17,18)12-5-9(7-15)10(13)6-11(12)14/h5-6,8H,4,7,15H2,1-3H3. The van der Waals surface area contributed by atoms with Crippen molar-refractivity contribution >= 4 is 33.2 Å². The number of benzene rings is 1. The van der Waals surface area contributed by atoms with Gasteiger partial charge in [-0.1, -0.05) is 30.1 Å². The molecule has 2 N–H and O–H groups in total. The first-order valence-corrected chi connectivity index (χ1v) is 8.11. The molecule has 0 spiro atoms. The van der Waals surface area contributed by atoms with Crippen LogP contribution in [0, 0.1) is 0 Å². The van der Waals surface area contributed by atoms with Crippen LogP contribution in [0.4, 0.5) is 0 Å². The van der Waals surface area contributed by atoms with Crippen molar-refractivity contribution in [1.82, 2.24) is 4.31 Å². The second-order valence-corrected chi connectivity index (χ2v) is 7.14. The van der Waals surface area contributed by atoms with Crippen LogP contribution in [0.2, 0.25) is 10.0 Å². The molecule has 0 radical (unpaired) electrons. The zero-order valence-electron chi connectivity index (χ0n) is 11.2. The van der Waals surface area contributed by atoms with E-state index in [1.165, 1.54) is 23.5 Å². The van der Waals surface area contributed by atoms with Crippen molar-refractivity contribution < 1.29 is 8.42 Å². The van der Waals surface area contributed by atoms with Crippen molar-refractivity contribution in [2.75, 3.05) is 7.05 Å². The molecule has 0 aliphatic rings. The van der Waals surface area contributed by atoms with Gasteiger partial charge >= 0.3 is 0 Å². The molecule has 1 unspecified atom stereocenters. The third kappa shape index (κ3) is 3.41. The smallest absolute Gasteiger partial charge is 0.244 e. The van der Waals surface area contributed by atoms with Gasteiger partial charge in [0, 0.05) is 24.7 Å². The molecule has 0 amide bonds. The fourth-order valence-corrected chi connectivity index (χ4v) is 3.86. The maximum absolute atomic E-state index is 12.5. The van der Waals surface area contributed by atoms with Crippen LogP contribution in [0.3, 0.4) is 0 Å². The van der Waals surface area contributed by atoms with Gasteiger partial charge < -0.3 is 5.73 Å². The van der Waals surface area contributed by atoms with Crippen LogP contribution < -0.4 is 5.73 Å². The Kier molecular flexibility index (Phi) is 5.65. The number of hydrogen-bond acceptors (Lipinski definition) is 3. The summed E-state index contributed by atoms with van der Waals surface area (Å²) in [6.07, 6.45) is 0.713. The average Bonchev–Trinajstić information content (AvgIpc) is 2.36. The molecule has 0 aromatic heterocycles. The maximum atomic E-state index is 12.5. The van der Waals surface area contributed by atoms with Gasteiger partial charge in [-0.05, 0) is 31.0 Å². The highest BCUT2D eigenvalue weighted by Gasteiger charge is 2.27. The molecule has 7 heteroatoms. The molecule has 1 aromatic rings. The first-order valence-electron chi connectivity index (χ1n) is 5.91. The minimum Gasteiger partial charge on any atom is -0.326 e. The van der Waals surface area contributed by atoms with E-state index >= 15 is 0 Å². The quantitative estimate of drug-likeness (QED) is 0.905. The predicted octanol–water partition coefficient (Wildman–Crippen LogP) is 2.87. The van der Waals surface area contributed by atoms with Crippen molar-refractivity contribution in [2.45, 2.75) is 37.8 Å². The van der Waals surface area contributed by atoms with Crippen molar-refractivity contribution in [3.8, 4) is 0 Å². The number of halogens is 2. The third-order valence-electron chi connectivity index (χ3n) is 3.19. The highest BCUT2D eigenvalue weighted by Crippen LogP contribution is 2.30. The molecule has 19 heavy (non-hydrogen) atoms. The Morgan fingerprint density at radius 3 is 2.37 bits per heavy atom. The lowest BCUT2D eigenvalue weighted by atomic mass is 10.2. The number of nitrogens with two attached hydrogens (primary N) is 1. The Labute approximate surface area is 124 Å². The minimum absolute atomic E-state index is 0.0433. The molecule has 1 rings (SSSR count). The van der Waals surface area contributed by atoms with Crippen LogP contribution >= 0.6 is 23.2 Å². The van der Waals surface area contributed by atoms with Gasteiger partial charge in [-0.25, -0.2) is 8.42 Å². The molecule has 108 valence electrons. The summed E-state index contributed by atoms with van der Waals surface area (Å²) in [6.45, 7) is 3.92. The topological polar surface area (TPSA) is 63.4 Å². The van der Waals surface area contributed by atoms with Crippen molar-refractivity contribution in [2.24, 2.45) is 5.73 Å². The second kappa shape index (κ2) is 6.41. The van der Waals surface area contributed by atoms with E-state index in [1.54, 1.807) is 0 Å². The van der Waals surface area contributed by atoms with Crippen LogP contribution in [0.15, 0.2) is 17.0 Å². The minimum atomic E-state index is -3.64. The monoisotopic (exact) mass is 324 g/mol. The highest BCUT2D eigenvalue weighted by molar-refractivity contribution is 7.89. The van der Waals surface area contributed by atoms with E-state index in [0.29, 0.717) is 17.0 Å². The summed E-state index contributed by atoms with van der Waals surface area (Å²) in [5.41, 5.74) is 6.10. The Morgan fingerprint density at radius 1 is 1.32 bits per heavy atom. The van der Waals surface area contributed by atoms with E-state index in [2.05, 4.69) is 0 Å². The zero-order chi connectivity index (χ0) is 14.8. The lowest BCUT2D eigenvalue weighted by Gasteiger charge is -2.24. The molecule has 0 bridgehead atoms. The number of hydrogen-bond donors (Lipinski definition) is 1. The Balaban J connectivity index is 3.36. The van der Waals surface area contributed by atoms with Gasteiger partial charge in [-0.15, -0.1) is 0 Å². The van der Waals surface area contributed by atoms with Gasteiger partial charge in [0.25, 0.3) is 0 Å². The Hall–Kier alpha value is -0.330. The molecule has 1 atom stereocenters. The molecule has 0 fully saturated rings. The van der Waals surface area contributed by atoms with Crippen LogP contribution in [0.5, 0.6) is 0 Å². The molecule has 0 saturated carbocycles. The van der Waals surface area contributed by atoms with Crippen LogP contribution in [-0.4, -0.2) is 25.8 Å². The fraction of sp³-hybridized carbons (Fsp3) is 0.500. The molecule has 0 heterocycles. The first-order chi connectivity index (χ1) is 8.75. The Morgan fingerprint density at radius 2 is 1.89 bits per heavy atom. The van der Waals surface area contributed by atoms with E-state index in [4.69, 9.17) is 28.9 Å². The number of sulfonamides is 1. The molecule has 1 aromatic carbocycles. The summed E-state index contributed by atoms with van der Waals surface area (Å²) < 4.78 is 26.3. The zero-order valence-corrected chi connectivity index (χ0v) is 13.5. The van der Waals surface area contributed by atoms with Crippen molar-refractivity contribution in [3.63, 3.8) is 0 Å². The summed E-state index contributed by atoms with van der Waals surface area (Å²) in [5, 5.41) is 0.481. The molecule has 0 saturated heterocycles. The summed E-state index contributed by atoms with van der Waals surface area (Å²) >= 11 is 12.0. The molecular formula is C12H18Cl2N2O2S. The van der Waals surface area contributed by atoms with Crippen LogP contribution in [0.25, 0.3) is 0 Å². The SMILES string of the molecule is CCC(C)N(C)S(=O)(=O)c1cc(CN)c(Cl)cc1Cl. The third-order valence-corrected chi connectivity index (χ3v) is 5.98. The van der Waals surface area contributed by atoms with E-state index in [1.807, 2.05) is 13.8 Å². The van der Waals surface area contributed by atoms with Gasteiger partial charge in [-0.3, -0.25) is 0 Å². The lowest BCUT2D eigenvalue weighted by Crippen LogP contribution is -2.34. The summed E-state index contributed by atoms with van der Waals surface area (Å²) in [6, 6.07) is 2.75. The molecule has 4 nitrogen and oxygen atoms in total. The molecule has 0 aliphatic carbocycles. The summed E-state index contributed by atoms with van der Waals surface area (Å²) in [4.78, 5) is 0.0433. The highest BCUT2D eigenvalue weighted by atomic mass is 35.5. The van der Waals surface area contributed by atoms with E-state index in [-0.39, 0.29) is 22.5 Å². The number of nitrogens with zero attached hydrogens (tertiary/aromatic N) is 1. The summed E-state index contributed by atoms with van der Waals surface area (Å²) in [5.74, 6) is 0. The lowest BCUT2D eigenvalue weighted by molar-refractivity contribution is 0.380. The normalized spacial score (nSPS) is 13.8. The second-order valence-electron chi connectivity index (χ2n) is 4.36. The van der Waals surface area contributed by atoms with Gasteiger partial charge in [0.2, 0.25) is 10.0 Å². The maximum Gasteiger partial charge on any atom is 0.244 e. The number of rotatable bonds is 5. The average molecular weight is 325 g/mol. The van der Waals surface area contributed by atoms with Gasteiger partial charge in [0.05, 0.1) is 5.02 Å². The molecular weight excluding hydrogens is 307 g/mol. The van der Waals surface area contributed by atoms with Crippen molar-refractivity contribution in [1.29, 1.82) is 0 Å². The predicted molar refractivity (Wildman–Crippen MR) is 79.1 cm³/mol. The molecule has 0 aliphatic heterocycles. The van der Waals surface area contributed by atoms with Crippen LogP contribution in [-0.2, 0) is 16.6 Å². The largest absolute Gasteiger partial charge is 0.326 e.